The average Bonchev–Trinajstić information content (AvgIpc) is 2.48. The molecule has 0 fully saturated rings. The van der Waals surface area contributed by atoms with Crippen LogP contribution in [0.4, 0.5) is 0 Å². The number of carbonyl (C=O) groups is 2. The Bertz CT molecular complexity index is 562. The topological polar surface area (TPSA) is 52.6 Å². The minimum Gasteiger partial charge on any atom is -0.423 e. The molecule has 0 aliphatic rings. The summed E-state index contributed by atoms with van der Waals surface area (Å²) in [5.41, 5.74) is -0.363. The van der Waals surface area contributed by atoms with Crippen molar-refractivity contribution >= 4 is 11.9 Å². The molecule has 0 aliphatic carbocycles. The Morgan fingerprint density at radius 3 is 1.40 bits per heavy atom. The first-order valence-corrected chi connectivity index (χ1v) is 5.90. The van der Waals surface area contributed by atoms with Crippen molar-refractivity contribution in [1.29, 1.82) is 0 Å². The minimum atomic E-state index is -0.836. The second-order valence-electron chi connectivity index (χ2n) is 3.88. The van der Waals surface area contributed by atoms with E-state index in [1.165, 1.54) is 0 Å². The lowest BCUT2D eigenvalue weighted by Crippen LogP contribution is -2.21. The molecular weight excluding hydrogens is 256 g/mol. The van der Waals surface area contributed by atoms with Gasteiger partial charge in [-0.3, -0.25) is 0 Å². The Morgan fingerprint density at radius 1 is 0.700 bits per heavy atom. The van der Waals surface area contributed by atoms with Gasteiger partial charge < -0.3 is 9.47 Å². The number of hydrogen-bond donors (Lipinski definition) is 0. The molecule has 2 rings (SSSR count). The molecule has 2 aromatic rings. The molecule has 0 unspecified atom stereocenters. The zero-order valence-corrected chi connectivity index (χ0v) is 10.6. The van der Waals surface area contributed by atoms with Gasteiger partial charge in [-0.25, -0.2) is 9.59 Å². The molecule has 20 heavy (non-hydrogen) atoms. The number of para-hydroxylation sites is 2. The summed E-state index contributed by atoms with van der Waals surface area (Å²) in [6.07, 6.45) is 0. The normalized spacial score (nSPS) is 9.60. The molecule has 0 atom stereocenters. The summed E-state index contributed by atoms with van der Waals surface area (Å²) in [6, 6.07) is 16.9. The SMILES string of the molecule is C=C(C(=O)Oc1ccccc1)C(=O)Oc1ccccc1. The third-order valence-corrected chi connectivity index (χ3v) is 2.40. The van der Waals surface area contributed by atoms with E-state index in [1.54, 1.807) is 60.7 Å². The van der Waals surface area contributed by atoms with Crippen molar-refractivity contribution in [3.8, 4) is 11.5 Å². The van der Waals surface area contributed by atoms with Crippen LogP contribution < -0.4 is 9.47 Å². The second kappa shape index (κ2) is 6.33. The molecule has 0 aliphatic heterocycles. The molecule has 0 heterocycles. The summed E-state index contributed by atoms with van der Waals surface area (Å²) in [5, 5.41) is 0. The third kappa shape index (κ3) is 3.55. The van der Waals surface area contributed by atoms with Crippen molar-refractivity contribution in [3.05, 3.63) is 72.8 Å². The van der Waals surface area contributed by atoms with Crippen molar-refractivity contribution in [2.24, 2.45) is 0 Å². The molecule has 4 heteroatoms. The quantitative estimate of drug-likeness (QED) is 0.281. The van der Waals surface area contributed by atoms with E-state index < -0.39 is 11.9 Å². The highest BCUT2D eigenvalue weighted by Crippen LogP contribution is 2.13. The molecule has 0 radical (unpaired) electrons. The van der Waals surface area contributed by atoms with Gasteiger partial charge in [-0.2, -0.15) is 0 Å². The highest BCUT2D eigenvalue weighted by molar-refractivity contribution is 6.14. The predicted molar refractivity (Wildman–Crippen MR) is 73.3 cm³/mol. The molecule has 0 bridgehead atoms. The first-order valence-electron chi connectivity index (χ1n) is 5.90. The molecule has 0 saturated carbocycles. The van der Waals surface area contributed by atoms with Crippen LogP contribution in [-0.4, -0.2) is 11.9 Å². The Morgan fingerprint density at radius 2 is 1.05 bits per heavy atom. The number of carbonyl (C=O) groups excluding carboxylic acids is 2. The number of hydrogen-bond acceptors (Lipinski definition) is 4. The van der Waals surface area contributed by atoms with Crippen LogP contribution in [-0.2, 0) is 9.59 Å². The van der Waals surface area contributed by atoms with Gasteiger partial charge in [0.05, 0.1) is 0 Å². The van der Waals surface area contributed by atoms with E-state index >= 15 is 0 Å². The van der Waals surface area contributed by atoms with Crippen molar-refractivity contribution in [3.63, 3.8) is 0 Å². The monoisotopic (exact) mass is 268 g/mol. The lowest BCUT2D eigenvalue weighted by molar-refractivity contribution is -0.137. The molecule has 0 N–H and O–H groups in total. The zero-order chi connectivity index (χ0) is 14.4. The molecule has 4 nitrogen and oxygen atoms in total. The fraction of sp³-hybridized carbons (Fsp3) is 0. The van der Waals surface area contributed by atoms with Gasteiger partial charge in [-0.1, -0.05) is 43.0 Å². The Kier molecular flexibility index (Phi) is 4.29. The Labute approximate surface area is 116 Å². The number of ether oxygens (including phenoxy) is 2. The van der Waals surface area contributed by atoms with E-state index in [0.29, 0.717) is 11.5 Å². The molecule has 0 amide bonds. The summed E-state index contributed by atoms with van der Waals surface area (Å²) in [6.45, 7) is 3.40. The first kappa shape index (κ1) is 13.5. The summed E-state index contributed by atoms with van der Waals surface area (Å²) in [5.74, 6) is -0.994. The summed E-state index contributed by atoms with van der Waals surface area (Å²) in [7, 11) is 0. The summed E-state index contributed by atoms with van der Waals surface area (Å²) >= 11 is 0. The van der Waals surface area contributed by atoms with E-state index in [0.717, 1.165) is 0 Å². The maximum absolute atomic E-state index is 11.7. The van der Waals surface area contributed by atoms with Gasteiger partial charge in [0, 0.05) is 0 Å². The molecule has 0 saturated heterocycles. The lowest BCUT2D eigenvalue weighted by atomic mass is 10.3. The molecule has 2 aromatic carbocycles. The van der Waals surface area contributed by atoms with Crippen molar-refractivity contribution in [2.75, 3.05) is 0 Å². The van der Waals surface area contributed by atoms with Gasteiger partial charge >= 0.3 is 11.9 Å². The lowest BCUT2D eigenvalue weighted by Gasteiger charge is -2.06. The van der Waals surface area contributed by atoms with E-state index in [1.807, 2.05) is 0 Å². The maximum atomic E-state index is 11.7. The van der Waals surface area contributed by atoms with E-state index in [-0.39, 0.29) is 5.57 Å². The van der Waals surface area contributed by atoms with Crippen molar-refractivity contribution in [2.45, 2.75) is 0 Å². The summed E-state index contributed by atoms with van der Waals surface area (Å²) in [4.78, 5) is 23.4. The van der Waals surface area contributed by atoms with E-state index in [4.69, 9.17) is 9.47 Å². The Hall–Kier alpha value is -2.88. The van der Waals surface area contributed by atoms with Crippen LogP contribution >= 0.6 is 0 Å². The van der Waals surface area contributed by atoms with E-state index in [9.17, 15) is 9.59 Å². The fourth-order valence-corrected chi connectivity index (χ4v) is 1.40. The molecule has 100 valence electrons. The first-order chi connectivity index (χ1) is 9.66. The number of rotatable bonds is 4. The zero-order valence-electron chi connectivity index (χ0n) is 10.6. The highest BCUT2D eigenvalue weighted by Gasteiger charge is 2.20. The van der Waals surface area contributed by atoms with Crippen molar-refractivity contribution in [1.82, 2.24) is 0 Å². The van der Waals surface area contributed by atoms with Crippen LogP contribution in [0.2, 0.25) is 0 Å². The fourth-order valence-electron chi connectivity index (χ4n) is 1.40. The maximum Gasteiger partial charge on any atom is 0.350 e. The predicted octanol–water partition coefficient (Wildman–Crippen LogP) is 2.75. The minimum absolute atomic E-state index is 0.339. The van der Waals surface area contributed by atoms with E-state index in [2.05, 4.69) is 6.58 Å². The van der Waals surface area contributed by atoms with Crippen LogP contribution in [0.1, 0.15) is 0 Å². The van der Waals surface area contributed by atoms with Gasteiger partial charge in [0.15, 0.2) is 0 Å². The van der Waals surface area contributed by atoms with Crippen molar-refractivity contribution < 1.29 is 19.1 Å². The number of benzene rings is 2. The van der Waals surface area contributed by atoms with Gasteiger partial charge in [0.25, 0.3) is 0 Å². The summed E-state index contributed by atoms with van der Waals surface area (Å²) < 4.78 is 9.99. The van der Waals surface area contributed by atoms with Crippen LogP contribution in [0.5, 0.6) is 11.5 Å². The largest absolute Gasteiger partial charge is 0.423 e. The average molecular weight is 268 g/mol. The standard InChI is InChI=1S/C16H12O4/c1-12(15(17)19-13-8-4-2-5-9-13)16(18)20-14-10-6-3-7-11-14/h2-11H,1H2. The number of esters is 2. The highest BCUT2D eigenvalue weighted by atomic mass is 16.6. The molecular formula is C16H12O4. The van der Waals surface area contributed by atoms with Crippen LogP contribution in [0.15, 0.2) is 72.8 Å². The smallest absolute Gasteiger partial charge is 0.350 e. The van der Waals surface area contributed by atoms with Gasteiger partial charge in [0.1, 0.15) is 17.1 Å². The molecule has 0 aromatic heterocycles. The molecule has 0 spiro atoms. The third-order valence-electron chi connectivity index (χ3n) is 2.40. The van der Waals surface area contributed by atoms with Gasteiger partial charge in [0.2, 0.25) is 0 Å². The second-order valence-corrected chi connectivity index (χ2v) is 3.88. The van der Waals surface area contributed by atoms with Crippen LogP contribution in [0.25, 0.3) is 0 Å². The van der Waals surface area contributed by atoms with Crippen LogP contribution in [0.3, 0.4) is 0 Å². The Balaban J connectivity index is 1.97. The van der Waals surface area contributed by atoms with Crippen LogP contribution in [0, 0.1) is 0 Å². The van der Waals surface area contributed by atoms with Gasteiger partial charge in [-0.05, 0) is 24.3 Å². The van der Waals surface area contributed by atoms with Gasteiger partial charge in [-0.15, -0.1) is 0 Å².